The Morgan fingerprint density at radius 1 is 1.38 bits per heavy atom. The Morgan fingerprint density at radius 3 is 2.79 bits per heavy atom. The molecule has 2 heterocycles. The lowest BCUT2D eigenvalue weighted by molar-refractivity contribution is -0.122. The zero-order valence-corrected chi connectivity index (χ0v) is 16.9. The molecule has 0 bridgehead atoms. The zero-order chi connectivity index (χ0) is 21.1. The van der Waals surface area contributed by atoms with E-state index in [9.17, 15) is 13.6 Å². The number of halogens is 2. The molecule has 0 unspecified atom stereocenters. The van der Waals surface area contributed by atoms with Crippen LogP contribution in [0.4, 0.5) is 8.78 Å². The lowest BCUT2D eigenvalue weighted by atomic mass is 9.92. The molecule has 0 spiro atoms. The summed E-state index contributed by atoms with van der Waals surface area (Å²) >= 11 is 0. The van der Waals surface area contributed by atoms with Crippen molar-refractivity contribution in [3.63, 3.8) is 0 Å². The number of benzene rings is 1. The number of hydrazine groups is 1. The number of rotatable bonds is 7. The highest BCUT2D eigenvalue weighted by atomic mass is 19.3. The van der Waals surface area contributed by atoms with Crippen molar-refractivity contribution < 1.29 is 23.0 Å². The predicted molar refractivity (Wildman–Crippen MR) is 106 cm³/mol. The molecule has 3 rings (SSSR count). The fourth-order valence-electron chi connectivity index (χ4n) is 3.60. The smallest absolute Gasteiger partial charge is 0.271 e. The van der Waals surface area contributed by atoms with Crippen molar-refractivity contribution in [2.75, 3.05) is 19.8 Å². The number of nitrogens with zero attached hydrogens (tertiary/aromatic N) is 1. The Hall–Kier alpha value is -2.61. The summed E-state index contributed by atoms with van der Waals surface area (Å²) < 4.78 is 39.2. The lowest BCUT2D eigenvalue weighted by Crippen LogP contribution is -2.40. The van der Waals surface area contributed by atoms with E-state index < -0.39 is 6.43 Å². The maximum atomic E-state index is 13.9. The first-order chi connectivity index (χ1) is 13.8. The monoisotopic (exact) mass is 407 g/mol. The van der Waals surface area contributed by atoms with Gasteiger partial charge in [-0.3, -0.25) is 15.2 Å². The van der Waals surface area contributed by atoms with Crippen LogP contribution < -0.4 is 20.6 Å². The van der Waals surface area contributed by atoms with Gasteiger partial charge in [-0.2, -0.15) is 0 Å². The summed E-state index contributed by atoms with van der Waals surface area (Å²) in [5, 5.41) is 1.62. The van der Waals surface area contributed by atoms with Gasteiger partial charge in [0.05, 0.1) is 6.54 Å². The quantitative estimate of drug-likeness (QED) is 0.725. The van der Waals surface area contributed by atoms with Crippen molar-refractivity contribution in [3.8, 4) is 11.5 Å². The van der Waals surface area contributed by atoms with E-state index in [1.807, 2.05) is 19.9 Å². The molecule has 29 heavy (non-hydrogen) atoms. The van der Waals surface area contributed by atoms with Crippen LogP contribution >= 0.6 is 0 Å². The van der Waals surface area contributed by atoms with Crippen molar-refractivity contribution in [2.45, 2.75) is 39.7 Å². The van der Waals surface area contributed by atoms with E-state index >= 15 is 0 Å². The Morgan fingerprint density at radius 2 is 2.14 bits per heavy atom. The Labute approximate surface area is 169 Å². The molecular weight excluding hydrogens is 380 g/mol. The molecule has 2 aliphatic heterocycles. The molecular formula is C21H27F2N3O3. The second-order valence-corrected chi connectivity index (χ2v) is 7.76. The van der Waals surface area contributed by atoms with Crippen LogP contribution in [-0.4, -0.2) is 36.7 Å². The zero-order valence-electron chi connectivity index (χ0n) is 16.9. The summed E-state index contributed by atoms with van der Waals surface area (Å²) in [5.41, 5.74) is 10.8. The molecule has 0 saturated carbocycles. The maximum absolute atomic E-state index is 13.9. The number of hydrogen-bond acceptors (Lipinski definition) is 5. The molecule has 6 nitrogen and oxygen atoms in total. The second kappa shape index (κ2) is 8.82. The van der Waals surface area contributed by atoms with Gasteiger partial charge in [0.2, 0.25) is 5.91 Å². The summed E-state index contributed by atoms with van der Waals surface area (Å²) in [6, 6.07) is 3.04. The van der Waals surface area contributed by atoms with Crippen LogP contribution in [-0.2, 0) is 4.79 Å². The van der Waals surface area contributed by atoms with Crippen molar-refractivity contribution in [1.29, 1.82) is 0 Å². The van der Waals surface area contributed by atoms with Gasteiger partial charge >= 0.3 is 0 Å². The van der Waals surface area contributed by atoms with Crippen molar-refractivity contribution >= 4 is 11.5 Å². The highest BCUT2D eigenvalue weighted by Crippen LogP contribution is 2.45. The van der Waals surface area contributed by atoms with Crippen LogP contribution in [0, 0.1) is 5.92 Å². The van der Waals surface area contributed by atoms with Crippen molar-refractivity contribution in [3.05, 3.63) is 41.1 Å². The van der Waals surface area contributed by atoms with Crippen LogP contribution in [0.15, 0.2) is 30.0 Å². The summed E-state index contributed by atoms with van der Waals surface area (Å²) in [6.07, 6.45) is 1.53. The first kappa shape index (κ1) is 21.1. The largest absolute Gasteiger partial charge is 0.491 e. The van der Waals surface area contributed by atoms with E-state index in [0.717, 1.165) is 17.6 Å². The second-order valence-electron chi connectivity index (χ2n) is 7.76. The molecule has 1 atom stereocenters. The van der Waals surface area contributed by atoms with E-state index in [1.165, 1.54) is 6.92 Å². The van der Waals surface area contributed by atoms with Gasteiger partial charge in [0.15, 0.2) is 0 Å². The number of ether oxygens (including phenoxy) is 2. The molecule has 0 aliphatic carbocycles. The molecule has 0 saturated heterocycles. The SMILES string of the molecule is CC(=O)NN1C=CC2=C(C1)c1ccc(OC[C@@H](N)CC(C)C)c(C(F)F)c1OC2. The average molecular weight is 407 g/mol. The summed E-state index contributed by atoms with van der Waals surface area (Å²) in [5.74, 6) is 0.408. The van der Waals surface area contributed by atoms with Crippen LogP contribution in [0.5, 0.6) is 11.5 Å². The third-order valence-electron chi connectivity index (χ3n) is 4.77. The van der Waals surface area contributed by atoms with E-state index in [1.54, 1.807) is 23.3 Å². The fourth-order valence-corrected chi connectivity index (χ4v) is 3.60. The molecule has 1 aromatic carbocycles. The average Bonchev–Trinajstić information content (AvgIpc) is 2.64. The first-order valence-electron chi connectivity index (χ1n) is 9.67. The van der Waals surface area contributed by atoms with Crippen LogP contribution in [0.2, 0.25) is 0 Å². The van der Waals surface area contributed by atoms with Gasteiger partial charge in [-0.15, -0.1) is 0 Å². The molecule has 158 valence electrons. The first-order valence-corrected chi connectivity index (χ1v) is 9.67. The van der Waals surface area contributed by atoms with E-state index in [4.69, 9.17) is 15.2 Å². The number of nitrogens with two attached hydrogens (primary N) is 1. The fraction of sp³-hybridized carbons (Fsp3) is 0.476. The normalized spacial score (nSPS) is 16.5. The molecule has 1 aromatic rings. The van der Waals surface area contributed by atoms with Crippen molar-refractivity contribution in [1.82, 2.24) is 10.4 Å². The number of nitrogens with one attached hydrogen (secondary N) is 1. The Bertz CT molecular complexity index is 837. The van der Waals surface area contributed by atoms with Crippen LogP contribution in [0.1, 0.15) is 44.7 Å². The number of fused-ring (bicyclic) bond motifs is 2. The summed E-state index contributed by atoms with van der Waals surface area (Å²) in [4.78, 5) is 11.3. The predicted octanol–water partition coefficient (Wildman–Crippen LogP) is 3.40. The Balaban J connectivity index is 1.88. The van der Waals surface area contributed by atoms with E-state index in [-0.39, 0.29) is 42.2 Å². The van der Waals surface area contributed by atoms with E-state index in [0.29, 0.717) is 18.0 Å². The third-order valence-corrected chi connectivity index (χ3v) is 4.77. The number of carbonyl (C=O) groups is 1. The molecule has 1 amide bonds. The maximum Gasteiger partial charge on any atom is 0.271 e. The van der Waals surface area contributed by atoms with Gasteiger partial charge in [-0.1, -0.05) is 13.8 Å². The number of hydrogen-bond donors (Lipinski definition) is 2. The molecule has 8 heteroatoms. The van der Waals surface area contributed by atoms with Crippen molar-refractivity contribution in [2.24, 2.45) is 11.7 Å². The third kappa shape index (κ3) is 4.87. The highest BCUT2D eigenvalue weighted by molar-refractivity contribution is 5.81. The van der Waals surface area contributed by atoms with Gasteiger partial charge in [0.1, 0.15) is 30.3 Å². The van der Waals surface area contributed by atoms with Gasteiger partial charge in [0.25, 0.3) is 6.43 Å². The Kier molecular flexibility index (Phi) is 6.42. The molecule has 0 aromatic heterocycles. The lowest BCUT2D eigenvalue weighted by Gasteiger charge is -2.32. The minimum Gasteiger partial charge on any atom is -0.491 e. The van der Waals surface area contributed by atoms with Gasteiger partial charge in [-0.05, 0) is 41.7 Å². The minimum absolute atomic E-state index is 0.0899. The highest BCUT2D eigenvalue weighted by Gasteiger charge is 2.30. The minimum atomic E-state index is -2.76. The number of alkyl halides is 2. The molecule has 2 aliphatic rings. The number of amides is 1. The molecule has 0 radical (unpaired) electrons. The van der Waals surface area contributed by atoms with Gasteiger partial charge in [0, 0.05) is 24.7 Å². The standard InChI is InChI=1S/C21H27F2N3O3/c1-12(2)8-15(24)11-28-18-5-4-16-17-9-26(25-13(3)27)7-6-14(17)10-29-20(16)19(18)21(22)23/h4-7,12,15,21H,8-11,24H2,1-3H3,(H,25,27)/t15-/m0/s1. The van der Waals surface area contributed by atoms with Crippen LogP contribution in [0.3, 0.4) is 0 Å². The summed E-state index contributed by atoms with van der Waals surface area (Å²) in [6.45, 7) is 6.21. The number of carbonyl (C=O) groups excluding carboxylic acids is 1. The molecule has 0 fully saturated rings. The topological polar surface area (TPSA) is 76.8 Å². The van der Waals surface area contributed by atoms with Gasteiger partial charge < -0.3 is 15.2 Å². The molecule has 3 N–H and O–H groups in total. The summed E-state index contributed by atoms with van der Waals surface area (Å²) in [7, 11) is 0. The van der Waals surface area contributed by atoms with Gasteiger partial charge in [-0.25, -0.2) is 8.78 Å². The van der Waals surface area contributed by atoms with Crippen LogP contribution in [0.25, 0.3) is 5.57 Å². The van der Waals surface area contributed by atoms with E-state index in [2.05, 4.69) is 5.43 Å².